The molecule has 0 aliphatic rings. The van der Waals surface area contributed by atoms with Gasteiger partial charge in [0.25, 0.3) is 0 Å². The van der Waals surface area contributed by atoms with Crippen LogP contribution in [0.4, 0.5) is 0 Å². The predicted octanol–water partition coefficient (Wildman–Crippen LogP) is 1.57. The van der Waals surface area contributed by atoms with Crippen molar-refractivity contribution >= 4 is 5.91 Å². The number of benzene rings is 1. The van der Waals surface area contributed by atoms with Crippen LogP contribution < -0.4 is 10.1 Å². The molecule has 3 nitrogen and oxygen atoms in total. The summed E-state index contributed by atoms with van der Waals surface area (Å²) in [4.78, 5) is 10.6. The van der Waals surface area contributed by atoms with Crippen molar-refractivity contribution in [3.63, 3.8) is 0 Å². The van der Waals surface area contributed by atoms with Crippen molar-refractivity contribution in [2.75, 3.05) is 13.7 Å². The van der Waals surface area contributed by atoms with Gasteiger partial charge in [-0.25, -0.2) is 0 Å². The monoisotopic (exact) mass is 217 g/mol. The molecule has 1 amide bonds. The zero-order valence-corrected chi connectivity index (χ0v) is 9.54. The van der Waals surface area contributed by atoms with Gasteiger partial charge in [-0.2, -0.15) is 0 Å². The van der Waals surface area contributed by atoms with E-state index in [4.69, 9.17) is 4.74 Å². The minimum atomic E-state index is -0.0248. The first-order valence-electron chi connectivity index (χ1n) is 5.09. The zero-order chi connectivity index (χ0) is 11.8. The van der Waals surface area contributed by atoms with E-state index in [1.807, 2.05) is 24.3 Å². The summed E-state index contributed by atoms with van der Waals surface area (Å²) in [5, 5.41) is 2.69. The van der Waals surface area contributed by atoms with Gasteiger partial charge in [0, 0.05) is 25.5 Å². The van der Waals surface area contributed by atoms with Crippen LogP contribution in [0.2, 0.25) is 0 Å². The molecule has 0 spiro atoms. The van der Waals surface area contributed by atoms with Gasteiger partial charge in [0.1, 0.15) is 5.75 Å². The molecule has 3 heteroatoms. The van der Waals surface area contributed by atoms with Crippen LogP contribution >= 0.6 is 0 Å². The van der Waals surface area contributed by atoms with Gasteiger partial charge in [-0.3, -0.25) is 4.79 Å². The summed E-state index contributed by atoms with van der Waals surface area (Å²) in [7, 11) is 1.63. The lowest BCUT2D eigenvalue weighted by atomic mass is 10.2. The maximum Gasteiger partial charge on any atom is 0.216 e. The van der Waals surface area contributed by atoms with Crippen molar-refractivity contribution in [2.24, 2.45) is 0 Å². The van der Waals surface area contributed by atoms with Gasteiger partial charge in [-0.15, -0.1) is 0 Å². The highest BCUT2D eigenvalue weighted by Crippen LogP contribution is 2.11. The number of hydrogen-bond donors (Lipinski definition) is 1. The van der Waals surface area contributed by atoms with Crippen molar-refractivity contribution in [3.05, 3.63) is 29.8 Å². The number of methoxy groups -OCH3 is 1. The Hall–Kier alpha value is -1.95. The van der Waals surface area contributed by atoms with Gasteiger partial charge in [-0.05, 0) is 18.2 Å². The first kappa shape index (κ1) is 12.1. The van der Waals surface area contributed by atoms with E-state index in [9.17, 15) is 4.79 Å². The molecular formula is C13H15NO2. The second-order valence-electron chi connectivity index (χ2n) is 3.27. The summed E-state index contributed by atoms with van der Waals surface area (Å²) in [6, 6.07) is 7.58. The molecule has 1 rings (SSSR count). The number of ether oxygens (including phenoxy) is 1. The minimum Gasteiger partial charge on any atom is -0.497 e. The molecule has 0 saturated carbocycles. The van der Waals surface area contributed by atoms with E-state index < -0.39 is 0 Å². The summed E-state index contributed by atoms with van der Waals surface area (Å²) >= 11 is 0. The van der Waals surface area contributed by atoms with Gasteiger partial charge >= 0.3 is 0 Å². The van der Waals surface area contributed by atoms with Gasteiger partial charge < -0.3 is 10.1 Å². The zero-order valence-electron chi connectivity index (χ0n) is 9.54. The molecule has 0 fully saturated rings. The molecule has 1 N–H and O–H groups in total. The van der Waals surface area contributed by atoms with Crippen molar-refractivity contribution in [3.8, 4) is 17.6 Å². The molecular weight excluding hydrogens is 202 g/mol. The summed E-state index contributed by atoms with van der Waals surface area (Å²) in [6.07, 6.45) is 0.650. The molecule has 0 atom stereocenters. The maximum absolute atomic E-state index is 10.6. The number of rotatable bonds is 3. The van der Waals surface area contributed by atoms with Gasteiger partial charge in [0.05, 0.1) is 7.11 Å². The summed E-state index contributed by atoms with van der Waals surface area (Å²) in [5.41, 5.74) is 0.919. The van der Waals surface area contributed by atoms with E-state index in [1.165, 1.54) is 6.92 Å². The standard InChI is InChI=1S/C13H15NO2/c1-11(15)14-9-4-3-6-12-7-5-8-13(10-12)16-2/h5,7-8,10H,4,9H2,1-2H3,(H,14,15). The average molecular weight is 217 g/mol. The number of carbonyl (C=O) groups excluding carboxylic acids is 1. The van der Waals surface area contributed by atoms with E-state index >= 15 is 0 Å². The summed E-state index contributed by atoms with van der Waals surface area (Å²) in [6.45, 7) is 2.09. The molecule has 0 heterocycles. The highest BCUT2D eigenvalue weighted by atomic mass is 16.5. The lowest BCUT2D eigenvalue weighted by molar-refractivity contribution is -0.118. The SMILES string of the molecule is COc1cccc(C#CCCNC(C)=O)c1. The van der Waals surface area contributed by atoms with Crippen LogP contribution in [-0.2, 0) is 4.79 Å². The fourth-order valence-electron chi connectivity index (χ4n) is 1.17. The third-order valence-corrected chi connectivity index (χ3v) is 1.93. The molecule has 0 radical (unpaired) electrons. The van der Waals surface area contributed by atoms with Crippen LogP contribution in [-0.4, -0.2) is 19.6 Å². The van der Waals surface area contributed by atoms with E-state index in [0.717, 1.165) is 11.3 Å². The number of amides is 1. The Morgan fingerprint density at radius 2 is 2.31 bits per heavy atom. The lowest BCUT2D eigenvalue weighted by Crippen LogP contribution is -2.20. The number of carbonyl (C=O) groups is 1. The fraction of sp³-hybridized carbons (Fsp3) is 0.308. The Kier molecular flexibility index (Phi) is 4.94. The van der Waals surface area contributed by atoms with Gasteiger partial charge in [0.15, 0.2) is 0 Å². The largest absolute Gasteiger partial charge is 0.497 e. The summed E-state index contributed by atoms with van der Waals surface area (Å²) < 4.78 is 5.09. The van der Waals surface area contributed by atoms with Crippen molar-refractivity contribution < 1.29 is 9.53 Å². The van der Waals surface area contributed by atoms with Crippen molar-refractivity contribution in [1.82, 2.24) is 5.32 Å². The predicted molar refractivity (Wildman–Crippen MR) is 63.2 cm³/mol. The van der Waals surface area contributed by atoms with Crippen molar-refractivity contribution in [1.29, 1.82) is 0 Å². The van der Waals surface area contributed by atoms with E-state index in [-0.39, 0.29) is 5.91 Å². The normalized spacial score (nSPS) is 8.88. The Bertz CT molecular complexity index is 415. The fourth-order valence-corrected chi connectivity index (χ4v) is 1.17. The van der Waals surface area contributed by atoms with Crippen LogP contribution in [0.15, 0.2) is 24.3 Å². The smallest absolute Gasteiger partial charge is 0.216 e. The van der Waals surface area contributed by atoms with Crippen LogP contribution in [0.1, 0.15) is 18.9 Å². The summed E-state index contributed by atoms with van der Waals surface area (Å²) in [5.74, 6) is 6.77. The Morgan fingerprint density at radius 3 is 3.00 bits per heavy atom. The molecule has 1 aromatic carbocycles. The highest BCUT2D eigenvalue weighted by Gasteiger charge is 1.91. The molecule has 0 aliphatic carbocycles. The molecule has 0 bridgehead atoms. The average Bonchev–Trinajstić information content (AvgIpc) is 2.28. The third-order valence-electron chi connectivity index (χ3n) is 1.93. The second-order valence-corrected chi connectivity index (χ2v) is 3.27. The van der Waals surface area contributed by atoms with E-state index in [0.29, 0.717) is 13.0 Å². The molecule has 0 unspecified atom stereocenters. The van der Waals surface area contributed by atoms with Crippen LogP contribution in [0, 0.1) is 11.8 Å². The van der Waals surface area contributed by atoms with Crippen LogP contribution in [0.3, 0.4) is 0 Å². The highest BCUT2D eigenvalue weighted by molar-refractivity contribution is 5.72. The minimum absolute atomic E-state index is 0.0248. The van der Waals surface area contributed by atoms with Crippen LogP contribution in [0.25, 0.3) is 0 Å². The van der Waals surface area contributed by atoms with Gasteiger partial charge in [0.2, 0.25) is 5.91 Å². The van der Waals surface area contributed by atoms with Gasteiger partial charge in [-0.1, -0.05) is 17.9 Å². The molecule has 84 valence electrons. The van der Waals surface area contributed by atoms with E-state index in [2.05, 4.69) is 17.2 Å². The Morgan fingerprint density at radius 1 is 1.50 bits per heavy atom. The first-order valence-corrected chi connectivity index (χ1v) is 5.09. The molecule has 16 heavy (non-hydrogen) atoms. The Labute approximate surface area is 95.8 Å². The second kappa shape index (κ2) is 6.52. The number of hydrogen-bond acceptors (Lipinski definition) is 2. The topological polar surface area (TPSA) is 38.3 Å². The lowest BCUT2D eigenvalue weighted by Gasteiger charge is -1.98. The molecule has 0 aromatic heterocycles. The molecule has 0 saturated heterocycles. The molecule has 1 aromatic rings. The molecule has 0 aliphatic heterocycles. The first-order chi connectivity index (χ1) is 7.72. The van der Waals surface area contributed by atoms with E-state index in [1.54, 1.807) is 7.11 Å². The third kappa shape index (κ3) is 4.52. The number of nitrogens with one attached hydrogen (secondary N) is 1. The Balaban J connectivity index is 2.46. The maximum atomic E-state index is 10.6. The van der Waals surface area contributed by atoms with Crippen molar-refractivity contribution in [2.45, 2.75) is 13.3 Å². The van der Waals surface area contributed by atoms with Crippen LogP contribution in [0.5, 0.6) is 5.75 Å². The quantitative estimate of drug-likeness (QED) is 0.616.